The van der Waals surface area contributed by atoms with E-state index in [0.717, 1.165) is 40.1 Å². The van der Waals surface area contributed by atoms with Crippen molar-refractivity contribution in [2.45, 2.75) is 112 Å². The van der Waals surface area contributed by atoms with E-state index in [-0.39, 0.29) is 97.8 Å². The van der Waals surface area contributed by atoms with Gasteiger partial charge in [0, 0.05) is 31.6 Å². The molecule has 4 aromatic carbocycles. The van der Waals surface area contributed by atoms with Gasteiger partial charge < -0.3 is 55.0 Å². The van der Waals surface area contributed by atoms with Crippen LogP contribution in [0.25, 0.3) is 10.9 Å². The van der Waals surface area contributed by atoms with Crippen molar-refractivity contribution in [2.75, 3.05) is 58.3 Å². The van der Waals surface area contributed by atoms with Gasteiger partial charge in [0.1, 0.15) is 24.1 Å². The number of sulfonamides is 2. The first-order chi connectivity index (χ1) is 38.7. The number of hydrogen-bond acceptors (Lipinski definition) is 17. The molecule has 7 N–H and O–H groups in total. The molecular formula is C56H71FN8O14S2. The number of halogens is 1. The summed E-state index contributed by atoms with van der Waals surface area (Å²) in [4.78, 5) is 25.7. The zero-order chi connectivity index (χ0) is 58.0. The normalized spacial score (nSPS) is 22.1. The Morgan fingerprint density at radius 3 is 1.63 bits per heavy atom. The second-order valence-electron chi connectivity index (χ2n) is 21.5. The second kappa shape index (κ2) is 27.2. The summed E-state index contributed by atoms with van der Waals surface area (Å²) in [7, 11) is -8.26. The molecule has 5 aromatic rings. The molecule has 81 heavy (non-hydrogen) atoms. The van der Waals surface area contributed by atoms with E-state index in [1.165, 1.54) is 16.4 Å². The smallest absolute Gasteiger partial charge is 0.407 e. The minimum Gasteiger partial charge on any atom is -0.443 e. The SMILES string of the molecule is CC(C)CN(C[C@@H](O)[C@H](Cc1ccccc1)NC(=O)O[C@H]1CO[C@H]2OCC[C@H]21)S(=O)(=O)c1ccc(F)c(C#N)c1.CC(C)CN(C[C@@H](O)[C@H](Cc1ccccc1)NC(=O)O[C@H]1CO[C@H]2OCC[C@H]21)S(=O)(=O)c1ccc2[nH]nc(N)c2c1. The third-order valence-corrected chi connectivity index (χ3v) is 18.1. The van der Waals surface area contributed by atoms with E-state index in [9.17, 15) is 46.3 Å². The van der Waals surface area contributed by atoms with Crippen LogP contribution in [-0.2, 0) is 61.3 Å². The number of carbonyl (C=O) groups is 2. The van der Waals surface area contributed by atoms with Crippen molar-refractivity contribution in [3.63, 3.8) is 0 Å². The summed E-state index contributed by atoms with van der Waals surface area (Å²) in [5.41, 5.74) is 7.81. The number of amides is 2. The first-order valence-corrected chi connectivity index (χ1v) is 29.9. The number of carbonyl (C=O) groups excluding carboxylic acids is 2. The Kier molecular flexibility index (Phi) is 20.4. The van der Waals surface area contributed by atoms with E-state index in [4.69, 9.17) is 34.2 Å². The molecule has 22 nitrogen and oxygen atoms in total. The van der Waals surface area contributed by atoms with Gasteiger partial charge in [0.25, 0.3) is 0 Å². The first-order valence-electron chi connectivity index (χ1n) is 27.0. The number of rotatable bonds is 22. The molecule has 4 aliphatic heterocycles. The van der Waals surface area contributed by atoms with Crippen LogP contribution in [0.4, 0.5) is 19.8 Å². The number of ether oxygens (including phenoxy) is 6. The van der Waals surface area contributed by atoms with Crippen molar-refractivity contribution in [3.05, 3.63) is 120 Å². The monoisotopic (exact) mass is 1160 g/mol. The molecule has 4 fully saturated rings. The zero-order valence-electron chi connectivity index (χ0n) is 45.5. The standard InChI is InChI=1S/C28H34FN3O7S.C28H37N5O7S/c1-18(2)15-32(40(35,36)21-8-9-23(29)20(13-21)14-30)16-25(33)24(12-19-6-4-3-5-7-19)31-28(34)39-26-17-38-27-22(26)10-11-37-27;1-17(2)14-33(41(36,37)19-8-9-22-21(13-19)26(29)32-31-22)15-24(34)23(12-18-6-4-3-5-7-18)30-28(35)40-25-16-39-27-20(25)10-11-38-27/h3-9,13,18,22,24-27,33H,10-12,15-17H2,1-2H3,(H,31,34);3-9,13,17,20,23-25,27,34H,10-12,14-16H2,1-2H3,(H,30,35)(H3,29,31,32)/t22-,24-,25+,26-,27+;20-,23-,24+,25-,27+/m00/s1. The molecule has 0 unspecified atom stereocenters. The van der Waals surface area contributed by atoms with E-state index in [1.807, 2.05) is 88.4 Å². The summed E-state index contributed by atoms with van der Waals surface area (Å²) >= 11 is 0. The maximum atomic E-state index is 13.9. The number of nitrogens with zero attached hydrogens (tertiary/aromatic N) is 4. The highest BCUT2D eigenvalue weighted by atomic mass is 32.2. The molecule has 10 atom stereocenters. The van der Waals surface area contributed by atoms with Gasteiger partial charge in [-0.3, -0.25) is 5.10 Å². The summed E-state index contributed by atoms with van der Waals surface area (Å²) in [6, 6.07) is 26.0. The van der Waals surface area contributed by atoms with E-state index in [0.29, 0.717) is 30.5 Å². The van der Waals surface area contributed by atoms with Crippen LogP contribution in [-0.4, -0.2) is 160 Å². The number of H-pyrrole nitrogens is 1. The number of aromatic nitrogens is 2. The summed E-state index contributed by atoms with van der Waals surface area (Å²) < 4.78 is 104. The summed E-state index contributed by atoms with van der Waals surface area (Å²) in [5.74, 6) is -0.885. The molecule has 0 saturated carbocycles. The predicted octanol–water partition coefficient (Wildman–Crippen LogP) is 5.06. The number of nitrogens with two attached hydrogens (primary N) is 1. The van der Waals surface area contributed by atoms with Crippen LogP contribution in [0.1, 0.15) is 57.2 Å². The number of aromatic amines is 1. The van der Waals surface area contributed by atoms with Gasteiger partial charge in [0.15, 0.2) is 18.4 Å². The Morgan fingerprint density at radius 2 is 1.17 bits per heavy atom. The molecule has 5 heterocycles. The highest BCUT2D eigenvalue weighted by molar-refractivity contribution is 7.89. The van der Waals surface area contributed by atoms with Gasteiger partial charge in [0.05, 0.1) is 83.4 Å². The van der Waals surface area contributed by atoms with Gasteiger partial charge in [-0.05, 0) is 85.0 Å². The predicted molar refractivity (Wildman–Crippen MR) is 293 cm³/mol. The number of benzene rings is 4. The third kappa shape index (κ3) is 15.4. The number of nitrogens with one attached hydrogen (secondary N) is 3. The van der Waals surface area contributed by atoms with Gasteiger partial charge in [-0.2, -0.15) is 19.0 Å². The Bertz CT molecular complexity index is 3190. The molecule has 0 spiro atoms. The van der Waals surface area contributed by atoms with Crippen LogP contribution in [0.15, 0.2) is 107 Å². The lowest BCUT2D eigenvalue weighted by atomic mass is 10.0. The highest BCUT2D eigenvalue weighted by Crippen LogP contribution is 2.35. The van der Waals surface area contributed by atoms with Gasteiger partial charge in [-0.25, -0.2) is 30.8 Å². The molecule has 2 amide bonds. The number of aliphatic hydroxyl groups excluding tert-OH is 2. The fourth-order valence-electron chi connectivity index (χ4n) is 10.3. The molecule has 4 aliphatic rings. The minimum atomic E-state index is -4.22. The fraction of sp³-hybridized carbons (Fsp3) is 0.500. The van der Waals surface area contributed by atoms with E-state index < -0.39 is 86.4 Å². The first kappa shape index (κ1) is 60.8. The number of hydrogen-bond donors (Lipinski definition) is 6. The quantitative estimate of drug-likeness (QED) is 0.0528. The summed E-state index contributed by atoms with van der Waals surface area (Å²) in [6.45, 7) is 8.54. The molecule has 0 bridgehead atoms. The average Bonchev–Trinajstić information content (AvgIpc) is 4.31. The maximum Gasteiger partial charge on any atom is 0.407 e. The summed E-state index contributed by atoms with van der Waals surface area (Å²) in [5, 5.41) is 44.7. The van der Waals surface area contributed by atoms with Crippen LogP contribution >= 0.6 is 0 Å². The van der Waals surface area contributed by atoms with Gasteiger partial charge >= 0.3 is 12.2 Å². The number of nitrogen functional groups attached to an aromatic ring is 1. The average molecular weight is 1160 g/mol. The largest absolute Gasteiger partial charge is 0.443 e. The van der Waals surface area contributed by atoms with Gasteiger partial charge in [-0.15, -0.1) is 0 Å². The molecule has 0 aliphatic carbocycles. The maximum absolute atomic E-state index is 13.9. The molecule has 9 rings (SSSR count). The zero-order valence-corrected chi connectivity index (χ0v) is 47.1. The highest BCUT2D eigenvalue weighted by Gasteiger charge is 2.46. The molecule has 438 valence electrons. The van der Waals surface area contributed by atoms with Crippen LogP contribution in [0.5, 0.6) is 0 Å². The Labute approximate surface area is 471 Å². The lowest BCUT2D eigenvalue weighted by Crippen LogP contribution is -2.51. The van der Waals surface area contributed by atoms with Crippen LogP contribution in [0, 0.1) is 40.8 Å². The second-order valence-corrected chi connectivity index (χ2v) is 25.3. The third-order valence-electron chi connectivity index (χ3n) is 14.4. The van der Waals surface area contributed by atoms with Crippen molar-refractivity contribution in [3.8, 4) is 6.07 Å². The van der Waals surface area contributed by atoms with E-state index >= 15 is 0 Å². The number of fused-ring (bicyclic) bond motifs is 3. The van der Waals surface area contributed by atoms with Crippen molar-refractivity contribution in [1.29, 1.82) is 5.26 Å². The number of anilines is 1. The van der Waals surface area contributed by atoms with Crippen molar-refractivity contribution in [2.24, 2.45) is 23.7 Å². The number of aliphatic hydroxyl groups is 2. The van der Waals surface area contributed by atoms with E-state index in [1.54, 1.807) is 12.1 Å². The fourth-order valence-corrected chi connectivity index (χ4v) is 13.6. The Balaban J connectivity index is 0.000000213. The van der Waals surface area contributed by atoms with E-state index in [2.05, 4.69) is 20.8 Å². The number of alkyl carbamates (subject to hydrolysis) is 2. The molecular weight excluding hydrogens is 1090 g/mol. The van der Waals surface area contributed by atoms with Crippen molar-refractivity contribution in [1.82, 2.24) is 29.4 Å². The molecule has 0 radical (unpaired) electrons. The molecule has 25 heteroatoms. The Morgan fingerprint density at radius 1 is 0.716 bits per heavy atom. The van der Waals surface area contributed by atoms with Crippen molar-refractivity contribution < 1.29 is 69.4 Å². The van der Waals surface area contributed by atoms with Crippen LogP contribution in [0.2, 0.25) is 0 Å². The Hall–Kier alpha value is -6.31. The minimum absolute atomic E-state index is 0.0332. The summed E-state index contributed by atoms with van der Waals surface area (Å²) in [6.07, 6.45) is -3.85. The number of nitriles is 1. The van der Waals surface area contributed by atoms with Gasteiger partial charge in [0.2, 0.25) is 20.0 Å². The molecule has 1 aromatic heterocycles. The lowest BCUT2D eigenvalue weighted by Gasteiger charge is -2.31. The van der Waals surface area contributed by atoms with Crippen LogP contribution < -0.4 is 16.4 Å². The van der Waals surface area contributed by atoms with Gasteiger partial charge in [-0.1, -0.05) is 88.4 Å². The molecule has 4 saturated heterocycles. The topological polar surface area (TPSA) is 307 Å². The lowest BCUT2D eigenvalue weighted by molar-refractivity contribution is -0.0909. The van der Waals surface area contributed by atoms with Crippen LogP contribution in [0.3, 0.4) is 0 Å². The van der Waals surface area contributed by atoms with Crippen molar-refractivity contribution >= 4 is 49.0 Å².